The van der Waals surface area contributed by atoms with Gasteiger partial charge in [0.1, 0.15) is 0 Å². The van der Waals surface area contributed by atoms with Gasteiger partial charge in [-0.1, -0.05) is 6.92 Å². The van der Waals surface area contributed by atoms with Gasteiger partial charge in [0.05, 0.1) is 13.2 Å². The van der Waals surface area contributed by atoms with E-state index in [1.54, 1.807) is 7.11 Å². The molecular weight excluding hydrogens is 391 g/mol. The predicted molar refractivity (Wildman–Crippen MR) is 105 cm³/mol. The van der Waals surface area contributed by atoms with E-state index in [4.69, 9.17) is 9.73 Å². The summed E-state index contributed by atoms with van der Waals surface area (Å²) >= 11 is 0. The van der Waals surface area contributed by atoms with Crippen LogP contribution >= 0.6 is 24.0 Å². The highest BCUT2D eigenvalue weighted by Crippen LogP contribution is 2.16. The summed E-state index contributed by atoms with van der Waals surface area (Å²) in [6.45, 7) is 12.4. The molecule has 0 aliphatic carbocycles. The van der Waals surface area contributed by atoms with E-state index in [0.717, 1.165) is 45.3 Å². The maximum Gasteiger partial charge on any atom is 0.193 e. The first kappa shape index (κ1) is 21.9. The zero-order valence-electron chi connectivity index (χ0n) is 15.0. The molecule has 0 radical (unpaired) electrons. The zero-order chi connectivity index (χ0) is 15.7. The van der Waals surface area contributed by atoms with Crippen molar-refractivity contribution in [2.45, 2.75) is 39.7 Å². The van der Waals surface area contributed by atoms with Crippen molar-refractivity contribution in [3.63, 3.8) is 0 Å². The van der Waals surface area contributed by atoms with E-state index in [-0.39, 0.29) is 24.0 Å². The third-order valence-electron chi connectivity index (χ3n) is 4.38. The van der Waals surface area contributed by atoms with Crippen molar-refractivity contribution in [3.8, 4) is 0 Å². The number of likely N-dealkylation sites (tertiary alicyclic amines) is 1. The summed E-state index contributed by atoms with van der Waals surface area (Å²) < 4.78 is 5.27. The second-order valence-electron chi connectivity index (χ2n) is 6.03. The number of guanidine groups is 1. The first-order valence-corrected chi connectivity index (χ1v) is 8.34. The molecule has 2 atom stereocenters. The SMILES string of the molecule is CCNC(=NCCN(C)C(C)CC)N1CCC(COC)C1.I. The van der Waals surface area contributed by atoms with Gasteiger partial charge in [-0.25, -0.2) is 0 Å². The van der Waals surface area contributed by atoms with Gasteiger partial charge in [-0.05, 0) is 33.7 Å². The molecule has 0 amide bonds. The Balaban J connectivity index is 0.00000441. The highest BCUT2D eigenvalue weighted by atomic mass is 127. The highest BCUT2D eigenvalue weighted by Gasteiger charge is 2.24. The third kappa shape index (κ3) is 7.46. The summed E-state index contributed by atoms with van der Waals surface area (Å²) in [4.78, 5) is 9.55. The van der Waals surface area contributed by atoms with Crippen molar-refractivity contribution in [1.29, 1.82) is 0 Å². The lowest BCUT2D eigenvalue weighted by atomic mass is 10.1. The van der Waals surface area contributed by atoms with Crippen LogP contribution in [0.5, 0.6) is 0 Å². The summed E-state index contributed by atoms with van der Waals surface area (Å²) in [6.07, 6.45) is 2.39. The number of halogens is 1. The summed E-state index contributed by atoms with van der Waals surface area (Å²) in [5, 5.41) is 3.42. The molecule has 0 bridgehead atoms. The molecule has 1 aliphatic heterocycles. The van der Waals surface area contributed by atoms with E-state index in [1.165, 1.54) is 12.8 Å². The first-order valence-electron chi connectivity index (χ1n) is 8.34. The lowest BCUT2D eigenvalue weighted by Crippen LogP contribution is -2.41. The summed E-state index contributed by atoms with van der Waals surface area (Å²) in [6, 6.07) is 0.626. The Bertz CT molecular complexity index is 315. The molecule has 132 valence electrons. The lowest BCUT2D eigenvalue weighted by Gasteiger charge is -2.24. The van der Waals surface area contributed by atoms with E-state index >= 15 is 0 Å². The molecule has 1 fully saturated rings. The molecule has 1 saturated heterocycles. The van der Waals surface area contributed by atoms with Crippen LogP contribution in [-0.4, -0.2) is 75.3 Å². The molecule has 0 aromatic carbocycles. The molecule has 1 heterocycles. The van der Waals surface area contributed by atoms with Crippen molar-refractivity contribution in [2.24, 2.45) is 10.9 Å². The topological polar surface area (TPSA) is 40.1 Å². The van der Waals surface area contributed by atoms with Crippen LogP contribution in [0.3, 0.4) is 0 Å². The maximum atomic E-state index is 5.27. The predicted octanol–water partition coefficient (Wildman–Crippen LogP) is 2.27. The maximum absolute atomic E-state index is 5.27. The minimum atomic E-state index is 0. The largest absolute Gasteiger partial charge is 0.384 e. The molecule has 1 aliphatic rings. The standard InChI is InChI=1S/C16H34N4O.HI/c1-6-14(3)19(4)11-9-18-16(17-7-2)20-10-8-15(12-20)13-21-5;/h14-15H,6-13H2,1-5H3,(H,17,18);1H. The number of methoxy groups -OCH3 is 1. The Morgan fingerprint density at radius 1 is 1.45 bits per heavy atom. The second-order valence-corrected chi connectivity index (χ2v) is 6.03. The molecule has 1 rings (SSSR count). The van der Waals surface area contributed by atoms with Crippen molar-refractivity contribution in [1.82, 2.24) is 15.1 Å². The van der Waals surface area contributed by atoms with Crippen LogP contribution in [0.1, 0.15) is 33.6 Å². The third-order valence-corrected chi connectivity index (χ3v) is 4.38. The summed E-state index contributed by atoms with van der Waals surface area (Å²) in [7, 11) is 3.97. The average Bonchev–Trinajstić information content (AvgIpc) is 2.94. The summed E-state index contributed by atoms with van der Waals surface area (Å²) in [5.74, 6) is 1.70. The number of likely N-dealkylation sites (N-methyl/N-ethyl adjacent to an activating group) is 1. The molecule has 2 unspecified atom stereocenters. The Morgan fingerprint density at radius 3 is 2.77 bits per heavy atom. The Morgan fingerprint density at radius 2 is 2.18 bits per heavy atom. The summed E-state index contributed by atoms with van der Waals surface area (Å²) in [5.41, 5.74) is 0. The van der Waals surface area contributed by atoms with Crippen molar-refractivity contribution >= 4 is 29.9 Å². The van der Waals surface area contributed by atoms with E-state index in [9.17, 15) is 0 Å². The van der Waals surface area contributed by atoms with E-state index in [2.05, 4.69) is 42.9 Å². The van der Waals surface area contributed by atoms with E-state index in [1.807, 2.05) is 0 Å². The van der Waals surface area contributed by atoms with Crippen molar-refractivity contribution < 1.29 is 4.74 Å². The molecule has 0 spiro atoms. The van der Waals surface area contributed by atoms with Crippen molar-refractivity contribution in [3.05, 3.63) is 0 Å². The number of aliphatic imine (C=N–C) groups is 1. The molecule has 0 saturated carbocycles. The van der Waals surface area contributed by atoms with Crippen molar-refractivity contribution in [2.75, 3.05) is 53.5 Å². The van der Waals surface area contributed by atoms with Crippen LogP contribution in [0.15, 0.2) is 4.99 Å². The van der Waals surface area contributed by atoms with Gasteiger partial charge in [-0.2, -0.15) is 0 Å². The molecule has 0 aromatic heterocycles. The van der Waals surface area contributed by atoms with Crippen LogP contribution < -0.4 is 5.32 Å². The fourth-order valence-corrected chi connectivity index (χ4v) is 2.67. The fourth-order valence-electron chi connectivity index (χ4n) is 2.67. The second kappa shape index (κ2) is 12.4. The van der Waals surface area contributed by atoms with Gasteiger partial charge in [0, 0.05) is 45.2 Å². The Labute approximate surface area is 153 Å². The molecule has 5 nitrogen and oxygen atoms in total. The normalized spacial score (nSPS) is 20.2. The van der Waals surface area contributed by atoms with Crippen LogP contribution in [0.4, 0.5) is 0 Å². The van der Waals surface area contributed by atoms with Gasteiger partial charge in [0.2, 0.25) is 0 Å². The van der Waals surface area contributed by atoms with Crippen LogP contribution in [0.25, 0.3) is 0 Å². The fraction of sp³-hybridized carbons (Fsp3) is 0.938. The van der Waals surface area contributed by atoms with Crippen LogP contribution in [-0.2, 0) is 4.74 Å². The van der Waals surface area contributed by atoms with Gasteiger partial charge in [-0.3, -0.25) is 4.99 Å². The molecule has 1 N–H and O–H groups in total. The quantitative estimate of drug-likeness (QED) is 0.367. The molecule has 22 heavy (non-hydrogen) atoms. The smallest absolute Gasteiger partial charge is 0.193 e. The van der Waals surface area contributed by atoms with Gasteiger partial charge < -0.3 is 19.9 Å². The Hall–Kier alpha value is -0.0800. The first-order chi connectivity index (χ1) is 10.1. The minimum absolute atomic E-state index is 0. The number of hydrogen-bond donors (Lipinski definition) is 1. The van der Waals surface area contributed by atoms with Crippen LogP contribution in [0, 0.1) is 5.92 Å². The van der Waals surface area contributed by atoms with Gasteiger partial charge in [0.15, 0.2) is 5.96 Å². The minimum Gasteiger partial charge on any atom is -0.384 e. The monoisotopic (exact) mass is 426 g/mol. The Kier molecular flexibility index (Phi) is 12.3. The number of ether oxygens (including phenoxy) is 1. The van der Waals surface area contributed by atoms with Gasteiger partial charge >= 0.3 is 0 Å². The molecular formula is C16H35IN4O. The van der Waals surface area contributed by atoms with E-state index in [0.29, 0.717) is 12.0 Å². The number of nitrogens with one attached hydrogen (secondary N) is 1. The number of hydrogen-bond acceptors (Lipinski definition) is 3. The van der Waals surface area contributed by atoms with Crippen LogP contribution in [0.2, 0.25) is 0 Å². The van der Waals surface area contributed by atoms with Gasteiger partial charge in [0.25, 0.3) is 0 Å². The zero-order valence-corrected chi connectivity index (χ0v) is 17.3. The molecule has 0 aromatic rings. The average molecular weight is 426 g/mol. The highest BCUT2D eigenvalue weighted by molar-refractivity contribution is 14.0. The van der Waals surface area contributed by atoms with Gasteiger partial charge in [-0.15, -0.1) is 24.0 Å². The number of rotatable bonds is 8. The lowest BCUT2D eigenvalue weighted by molar-refractivity contribution is 0.157. The molecule has 6 heteroatoms. The number of nitrogens with zero attached hydrogens (tertiary/aromatic N) is 3. The van der Waals surface area contributed by atoms with E-state index < -0.39 is 0 Å².